The topological polar surface area (TPSA) is 80.5 Å². The summed E-state index contributed by atoms with van der Waals surface area (Å²) in [5.41, 5.74) is 2.64. The van der Waals surface area contributed by atoms with Crippen molar-refractivity contribution in [1.82, 2.24) is 31.5 Å². The van der Waals surface area contributed by atoms with E-state index in [1.807, 2.05) is 0 Å². The van der Waals surface area contributed by atoms with Gasteiger partial charge in [-0.15, -0.1) is 0 Å². The summed E-state index contributed by atoms with van der Waals surface area (Å²) in [7, 11) is 0. The molecule has 29 heavy (non-hydrogen) atoms. The second-order valence-electron chi connectivity index (χ2n) is 7.71. The van der Waals surface area contributed by atoms with Crippen molar-refractivity contribution < 1.29 is 4.79 Å². The Balaban J connectivity index is 1.73. The zero-order valence-electron chi connectivity index (χ0n) is 18.1. The Kier molecular flexibility index (Phi) is 12.6. The van der Waals surface area contributed by atoms with Crippen LogP contribution in [0.4, 0.5) is 0 Å². The van der Waals surface area contributed by atoms with Gasteiger partial charge in [-0.05, 0) is 50.1 Å². The molecule has 0 unspecified atom stereocenters. The van der Waals surface area contributed by atoms with Crippen LogP contribution in [0.5, 0.6) is 0 Å². The molecule has 1 aromatic rings. The maximum Gasteiger partial charge on any atom is 0.216 e. The quantitative estimate of drug-likeness (QED) is 0.420. The third kappa shape index (κ3) is 11.9. The van der Waals surface area contributed by atoms with Gasteiger partial charge in [-0.25, -0.2) is 0 Å². The molecule has 1 fully saturated rings. The number of rotatable bonds is 7. The van der Waals surface area contributed by atoms with E-state index in [1.165, 1.54) is 24.0 Å². The van der Waals surface area contributed by atoms with Crippen LogP contribution in [0.25, 0.3) is 0 Å². The standard InChI is InChI=1S/C22H40N6O/c1-20(29)27-14-13-26-18-21-4-6-22(7-5-21)19-28-16-3-10-24-12-11-23-8-2-9-25-15-17-28/h4-7,23-26H,2-3,8-19H2,1H3,(H,27,29). The molecule has 0 bridgehead atoms. The van der Waals surface area contributed by atoms with Crippen molar-refractivity contribution >= 4 is 5.91 Å². The first kappa shape index (κ1) is 23.8. The van der Waals surface area contributed by atoms with Gasteiger partial charge in [0.25, 0.3) is 0 Å². The Morgan fingerprint density at radius 1 is 0.862 bits per heavy atom. The molecular formula is C22H40N6O. The van der Waals surface area contributed by atoms with Gasteiger partial charge in [0.2, 0.25) is 5.91 Å². The van der Waals surface area contributed by atoms with Crippen molar-refractivity contribution in [2.75, 3.05) is 65.4 Å². The molecule has 5 N–H and O–H groups in total. The van der Waals surface area contributed by atoms with Crippen LogP contribution in [0, 0.1) is 0 Å². The van der Waals surface area contributed by atoms with Gasteiger partial charge in [0.05, 0.1) is 0 Å². The second kappa shape index (κ2) is 15.3. The fourth-order valence-corrected chi connectivity index (χ4v) is 3.41. The number of carbonyl (C=O) groups excluding carboxylic acids is 1. The molecule has 1 saturated heterocycles. The van der Waals surface area contributed by atoms with Gasteiger partial charge in [0, 0.05) is 59.3 Å². The Morgan fingerprint density at radius 2 is 1.52 bits per heavy atom. The largest absolute Gasteiger partial charge is 0.355 e. The van der Waals surface area contributed by atoms with Gasteiger partial charge in [-0.2, -0.15) is 0 Å². The fraction of sp³-hybridized carbons (Fsp3) is 0.682. The fourth-order valence-electron chi connectivity index (χ4n) is 3.41. The minimum atomic E-state index is 0.0203. The summed E-state index contributed by atoms with van der Waals surface area (Å²) in [6.45, 7) is 13.4. The van der Waals surface area contributed by atoms with Crippen LogP contribution in [0.3, 0.4) is 0 Å². The van der Waals surface area contributed by atoms with Crippen LogP contribution in [-0.2, 0) is 17.9 Å². The van der Waals surface area contributed by atoms with E-state index >= 15 is 0 Å². The zero-order chi connectivity index (χ0) is 20.6. The first-order valence-electron chi connectivity index (χ1n) is 11.1. The predicted molar refractivity (Wildman–Crippen MR) is 120 cm³/mol. The summed E-state index contributed by atoms with van der Waals surface area (Å²) < 4.78 is 0. The Labute approximate surface area is 176 Å². The highest BCUT2D eigenvalue weighted by atomic mass is 16.1. The number of carbonyl (C=O) groups is 1. The van der Waals surface area contributed by atoms with Crippen molar-refractivity contribution in [2.24, 2.45) is 0 Å². The van der Waals surface area contributed by atoms with Crippen molar-refractivity contribution in [3.05, 3.63) is 35.4 Å². The summed E-state index contributed by atoms with van der Waals surface area (Å²) in [5.74, 6) is 0.0203. The maximum atomic E-state index is 10.9. The van der Waals surface area contributed by atoms with E-state index in [-0.39, 0.29) is 5.91 Å². The smallest absolute Gasteiger partial charge is 0.216 e. The second-order valence-corrected chi connectivity index (χ2v) is 7.71. The molecule has 0 aliphatic carbocycles. The van der Waals surface area contributed by atoms with Crippen LogP contribution in [0.1, 0.15) is 30.9 Å². The molecular weight excluding hydrogens is 364 g/mol. The third-order valence-corrected chi connectivity index (χ3v) is 5.05. The Hall–Kier alpha value is -1.51. The average Bonchev–Trinajstić information content (AvgIpc) is 2.71. The normalized spacial score (nSPS) is 18.1. The molecule has 1 aromatic carbocycles. The highest BCUT2D eigenvalue weighted by molar-refractivity contribution is 5.72. The Morgan fingerprint density at radius 3 is 2.24 bits per heavy atom. The number of hydrogen-bond acceptors (Lipinski definition) is 6. The van der Waals surface area contributed by atoms with Crippen molar-refractivity contribution in [3.8, 4) is 0 Å². The summed E-state index contributed by atoms with van der Waals surface area (Å²) in [6.07, 6.45) is 2.36. The highest BCUT2D eigenvalue weighted by Crippen LogP contribution is 2.08. The molecule has 0 aromatic heterocycles. The average molecular weight is 405 g/mol. The van der Waals surface area contributed by atoms with Crippen molar-refractivity contribution in [3.63, 3.8) is 0 Å². The van der Waals surface area contributed by atoms with Gasteiger partial charge >= 0.3 is 0 Å². The highest BCUT2D eigenvalue weighted by Gasteiger charge is 2.07. The van der Waals surface area contributed by atoms with Crippen LogP contribution in [-0.4, -0.2) is 76.3 Å². The van der Waals surface area contributed by atoms with Gasteiger partial charge in [0.15, 0.2) is 0 Å². The first-order chi connectivity index (χ1) is 14.2. The minimum absolute atomic E-state index is 0.0203. The number of nitrogens with zero attached hydrogens (tertiary/aromatic N) is 1. The van der Waals surface area contributed by atoms with E-state index < -0.39 is 0 Å². The van der Waals surface area contributed by atoms with E-state index in [0.29, 0.717) is 6.54 Å². The molecule has 164 valence electrons. The van der Waals surface area contributed by atoms with Crippen LogP contribution >= 0.6 is 0 Å². The molecule has 1 amide bonds. The molecule has 0 radical (unpaired) electrons. The predicted octanol–water partition coefficient (Wildman–Crippen LogP) is 0.277. The number of amides is 1. The van der Waals surface area contributed by atoms with E-state index in [0.717, 1.165) is 72.0 Å². The summed E-state index contributed by atoms with van der Waals surface area (Å²) >= 11 is 0. The Bertz CT molecular complexity index is 537. The molecule has 1 aliphatic rings. The van der Waals surface area contributed by atoms with E-state index in [9.17, 15) is 4.79 Å². The third-order valence-electron chi connectivity index (χ3n) is 5.05. The minimum Gasteiger partial charge on any atom is -0.355 e. The molecule has 0 saturated carbocycles. The number of nitrogens with one attached hydrogen (secondary N) is 5. The van der Waals surface area contributed by atoms with Gasteiger partial charge < -0.3 is 26.6 Å². The molecule has 0 spiro atoms. The number of hydrogen-bond donors (Lipinski definition) is 5. The molecule has 1 aliphatic heterocycles. The molecule has 7 heteroatoms. The molecule has 1 heterocycles. The molecule has 7 nitrogen and oxygen atoms in total. The lowest BCUT2D eigenvalue weighted by atomic mass is 10.1. The lowest BCUT2D eigenvalue weighted by molar-refractivity contribution is -0.118. The van der Waals surface area contributed by atoms with E-state index in [2.05, 4.69) is 55.7 Å². The van der Waals surface area contributed by atoms with Gasteiger partial charge in [-0.1, -0.05) is 24.3 Å². The van der Waals surface area contributed by atoms with E-state index in [1.54, 1.807) is 6.92 Å². The molecule has 0 atom stereocenters. The lowest BCUT2D eigenvalue weighted by Gasteiger charge is -2.23. The molecule has 2 rings (SSSR count). The van der Waals surface area contributed by atoms with Gasteiger partial charge in [-0.3, -0.25) is 9.69 Å². The van der Waals surface area contributed by atoms with Crippen molar-refractivity contribution in [2.45, 2.75) is 32.9 Å². The number of benzene rings is 1. The van der Waals surface area contributed by atoms with Crippen molar-refractivity contribution in [1.29, 1.82) is 0 Å². The summed E-state index contributed by atoms with van der Waals surface area (Å²) in [4.78, 5) is 13.4. The SMILES string of the molecule is CC(=O)NCCNCc1ccc(CN2CCCNCCNCCCNCC2)cc1. The zero-order valence-corrected chi connectivity index (χ0v) is 18.1. The maximum absolute atomic E-state index is 10.9. The summed E-state index contributed by atoms with van der Waals surface area (Å²) in [5, 5.41) is 16.7. The lowest BCUT2D eigenvalue weighted by Crippen LogP contribution is -2.36. The van der Waals surface area contributed by atoms with E-state index in [4.69, 9.17) is 0 Å². The van der Waals surface area contributed by atoms with Gasteiger partial charge in [0.1, 0.15) is 0 Å². The van der Waals surface area contributed by atoms with Crippen LogP contribution < -0.4 is 26.6 Å². The monoisotopic (exact) mass is 404 g/mol. The first-order valence-corrected chi connectivity index (χ1v) is 11.1. The summed E-state index contributed by atoms with van der Waals surface area (Å²) in [6, 6.07) is 8.90. The van der Waals surface area contributed by atoms with Crippen LogP contribution in [0.2, 0.25) is 0 Å². The van der Waals surface area contributed by atoms with Crippen LogP contribution in [0.15, 0.2) is 24.3 Å².